The monoisotopic (exact) mass is 277 g/mol. The van der Waals surface area contributed by atoms with E-state index in [0.29, 0.717) is 0 Å². The first-order chi connectivity index (χ1) is 9.06. The molecule has 0 aliphatic heterocycles. The molecule has 0 fully saturated rings. The second-order valence-corrected chi connectivity index (χ2v) is 5.94. The zero-order valence-electron chi connectivity index (χ0n) is 10.9. The van der Waals surface area contributed by atoms with Crippen LogP contribution in [-0.4, -0.2) is 11.9 Å². The summed E-state index contributed by atoms with van der Waals surface area (Å²) in [5.41, 5.74) is 0.0942. The Hall–Kier alpha value is -1.68. The molecule has 0 saturated carbocycles. The molecule has 1 aromatic heterocycles. The van der Waals surface area contributed by atoms with Crippen LogP contribution in [0.1, 0.15) is 27.0 Å². The third kappa shape index (κ3) is 3.64. The van der Waals surface area contributed by atoms with E-state index in [2.05, 4.69) is 24.4 Å². The van der Waals surface area contributed by atoms with Crippen LogP contribution in [0.3, 0.4) is 0 Å². The number of rotatable bonds is 4. The molecule has 2 aromatic rings. The van der Waals surface area contributed by atoms with E-state index in [1.54, 1.807) is 23.5 Å². The van der Waals surface area contributed by atoms with Gasteiger partial charge in [0, 0.05) is 22.2 Å². The zero-order valence-corrected chi connectivity index (χ0v) is 11.8. The van der Waals surface area contributed by atoms with Crippen molar-refractivity contribution in [2.24, 2.45) is 0 Å². The number of hydrogen-bond donors (Lipinski definition) is 1. The van der Waals surface area contributed by atoms with Crippen molar-refractivity contribution in [3.63, 3.8) is 0 Å². The molecule has 0 spiro atoms. The largest absolute Gasteiger partial charge is 0.349 e. The summed E-state index contributed by atoms with van der Waals surface area (Å²) in [7, 11) is 0. The Bertz CT molecular complexity index is 579. The highest BCUT2D eigenvalue weighted by molar-refractivity contribution is 7.11. The third-order valence-electron chi connectivity index (χ3n) is 2.80. The van der Waals surface area contributed by atoms with E-state index in [9.17, 15) is 9.18 Å². The maximum atomic E-state index is 13.5. The maximum Gasteiger partial charge on any atom is 0.254 e. The molecule has 2 nitrogen and oxygen atoms in total. The first-order valence-electron chi connectivity index (χ1n) is 6.17. The lowest BCUT2D eigenvalue weighted by Crippen LogP contribution is -2.34. The fourth-order valence-corrected chi connectivity index (χ4v) is 2.91. The third-order valence-corrected chi connectivity index (χ3v) is 3.82. The minimum absolute atomic E-state index is 0.0230. The maximum absolute atomic E-state index is 13.5. The van der Waals surface area contributed by atoms with Gasteiger partial charge >= 0.3 is 0 Å². The lowest BCUT2D eigenvalue weighted by Gasteiger charge is -2.13. The molecular formula is C15H16FNOS. The van der Waals surface area contributed by atoms with Gasteiger partial charge in [-0.05, 0) is 38.1 Å². The highest BCUT2D eigenvalue weighted by Crippen LogP contribution is 2.17. The van der Waals surface area contributed by atoms with Crippen molar-refractivity contribution >= 4 is 17.2 Å². The zero-order chi connectivity index (χ0) is 13.8. The molecule has 0 saturated heterocycles. The minimum atomic E-state index is -0.487. The fourth-order valence-electron chi connectivity index (χ4n) is 1.89. The number of nitrogens with one attached hydrogen (secondary N) is 1. The molecule has 100 valence electrons. The van der Waals surface area contributed by atoms with Gasteiger partial charge in [-0.2, -0.15) is 0 Å². The van der Waals surface area contributed by atoms with Crippen molar-refractivity contribution in [2.45, 2.75) is 26.3 Å². The van der Waals surface area contributed by atoms with E-state index in [4.69, 9.17) is 0 Å². The second-order valence-electron chi connectivity index (χ2n) is 4.57. The van der Waals surface area contributed by atoms with Crippen LogP contribution in [0.15, 0.2) is 36.4 Å². The van der Waals surface area contributed by atoms with Crippen LogP contribution < -0.4 is 5.32 Å². The van der Waals surface area contributed by atoms with E-state index in [1.807, 2.05) is 6.92 Å². The highest BCUT2D eigenvalue weighted by Gasteiger charge is 2.14. The Morgan fingerprint density at radius 2 is 2.05 bits per heavy atom. The lowest BCUT2D eigenvalue weighted by molar-refractivity contribution is 0.0936. The summed E-state index contributed by atoms with van der Waals surface area (Å²) in [4.78, 5) is 14.4. The second kappa shape index (κ2) is 5.97. The van der Waals surface area contributed by atoms with Gasteiger partial charge in [0.05, 0.1) is 5.56 Å². The summed E-state index contributed by atoms with van der Waals surface area (Å²) in [6, 6.07) is 10.1. The average Bonchev–Trinajstić information content (AvgIpc) is 2.74. The number of benzene rings is 1. The molecular weight excluding hydrogens is 261 g/mol. The van der Waals surface area contributed by atoms with Crippen LogP contribution in [0.25, 0.3) is 0 Å². The fraction of sp³-hybridized carbons (Fsp3) is 0.267. The van der Waals surface area contributed by atoms with Crippen molar-refractivity contribution < 1.29 is 9.18 Å². The molecule has 1 unspecified atom stereocenters. The van der Waals surface area contributed by atoms with E-state index in [-0.39, 0.29) is 17.5 Å². The molecule has 4 heteroatoms. The van der Waals surface area contributed by atoms with E-state index >= 15 is 0 Å². The molecule has 19 heavy (non-hydrogen) atoms. The molecule has 0 radical (unpaired) electrons. The Labute approximate surface area is 116 Å². The number of amides is 1. The predicted octanol–water partition coefficient (Wildman–Crippen LogP) is 3.56. The van der Waals surface area contributed by atoms with Crippen LogP contribution in [-0.2, 0) is 6.42 Å². The van der Waals surface area contributed by atoms with Crippen molar-refractivity contribution in [1.82, 2.24) is 5.32 Å². The summed E-state index contributed by atoms with van der Waals surface area (Å²) >= 11 is 1.72. The molecule has 1 amide bonds. The van der Waals surface area contributed by atoms with Gasteiger partial charge < -0.3 is 5.32 Å². The van der Waals surface area contributed by atoms with Crippen LogP contribution in [0, 0.1) is 12.7 Å². The summed E-state index contributed by atoms with van der Waals surface area (Å²) < 4.78 is 13.5. The van der Waals surface area contributed by atoms with Gasteiger partial charge in [0.15, 0.2) is 0 Å². The number of carbonyl (C=O) groups is 1. The number of aryl methyl sites for hydroxylation is 1. The minimum Gasteiger partial charge on any atom is -0.349 e. The van der Waals surface area contributed by atoms with Crippen molar-refractivity contribution in [3.8, 4) is 0 Å². The number of hydrogen-bond acceptors (Lipinski definition) is 2. The standard InChI is InChI=1S/C15H16FNOS/c1-10(9-12-8-7-11(2)19-12)17-15(18)13-5-3-4-6-14(13)16/h3-8,10H,9H2,1-2H3,(H,17,18). The van der Waals surface area contributed by atoms with Gasteiger partial charge in [0.25, 0.3) is 5.91 Å². The molecule has 1 aromatic carbocycles. The Morgan fingerprint density at radius 1 is 1.32 bits per heavy atom. The summed E-state index contributed by atoms with van der Waals surface area (Å²) in [6.45, 7) is 3.98. The highest BCUT2D eigenvalue weighted by atomic mass is 32.1. The average molecular weight is 277 g/mol. The van der Waals surface area contributed by atoms with E-state index in [0.717, 1.165) is 6.42 Å². The van der Waals surface area contributed by atoms with Gasteiger partial charge in [-0.25, -0.2) is 4.39 Å². The summed E-state index contributed by atoms with van der Waals surface area (Å²) in [6.07, 6.45) is 0.763. The Kier molecular flexibility index (Phi) is 4.32. The summed E-state index contributed by atoms with van der Waals surface area (Å²) in [5.74, 6) is -0.849. The SMILES string of the molecule is Cc1ccc(CC(C)NC(=O)c2ccccc2F)s1. The van der Waals surface area contributed by atoms with Crippen molar-refractivity contribution in [3.05, 3.63) is 57.5 Å². The van der Waals surface area contributed by atoms with Crippen LogP contribution in [0.5, 0.6) is 0 Å². The first-order valence-corrected chi connectivity index (χ1v) is 6.98. The van der Waals surface area contributed by atoms with Gasteiger partial charge in [0.1, 0.15) is 5.82 Å². The van der Waals surface area contributed by atoms with Crippen molar-refractivity contribution in [1.29, 1.82) is 0 Å². The lowest BCUT2D eigenvalue weighted by atomic mass is 10.1. The Balaban J connectivity index is 1.97. The van der Waals surface area contributed by atoms with Gasteiger partial charge in [-0.1, -0.05) is 12.1 Å². The molecule has 0 aliphatic rings. The van der Waals surface area contributed by atoms with Crippen LogP contribution in [0.4, 0.5) is 4.39 Å². The van der Waals surface area contributed by atoms with Gasteiger partial charge in [-0.3, -0.25) is 4.79 Å². The van der Waals surface area contributed by atoms with Crippen molar-refractivity contribution in [2.75, 3.05) is 0 Å². The van der Waals surface area contributed by atoms with Gasteiger partial charge in [0.2, 0.25) is 0 Å². The first kappa shape index (κ1) is 13.7. The van der Waals surface area contributed by atoms with E-state index < -0.39 is 5.82 Å². The molecule has 2 rings (SSSR count). The van der Waals surface area contributed by atoms with Gasteiger partial charge in [-0.15, -0.1) is 11.3 Å². The number of thiophene rings is 1. The quantitative estimate of drug-likeness (QED) is 0.909. The molecule has 1 atom stereocenters. The Morgan fingerprint density at radius 3 is 2.68 bits per heavy atom. The normalized spacial score (nSPS) is 12.2. The predicted molar refractivity (Wildman–Crippen MR) is 76.1 cm³/mol. The molecule has 0 aliphatic carbocycles. The summed E-state index contributed by atoms with van der Waals surface area (Å²) in [5, 5.41) is 2.82. The number of carbonyl (C=O) groups excluding carboxylic acids is 1. The van der Waals surface area contributed by atoms with Crippen LogP contribution >= 0.6 is 11.3 Å². The molecule has 1 heterocycles. The smallest absolute Gasteiger partial charge is 0.254 e. The topological polar surface area (TPSA) is 29.1 Å². The number of halogens is 1. The van der Waals surface area contributed by atoms with Crippen LogP contribution in [0.2, 0.25) is 0 Å². The molecule has 1 N–H and O–H groups in total. The van der Waals surface area contributed by atoms with E-state index in [1.165, 1.54) is 21.9 Å². The molecule has 0 bridgehead atoms.